The number of nitrogens with zero attached hydrogens (tertiary/aromatic N) is 3. The van der Waals surface area contributed by atoms with Crippen LogP contribution in [0.25, 0.3) is 0 Å². The highest BCUT2D eigenvalue weighted by atomic mass is 16.5. The first-order valence-corrected chi connectivity index (χ1v) is 9.69. The lowest BCUT2D eigenvalue weighted by molar-refractivity contribution is 0.102. The van der Waals surface area contributed by atoms with Crippen LogP contribution < -0.4 is 19.7 Å². The Balaban J connectivity index is 1.91. The molecular weight excluding hydrogens is 356 g/mol. The molecule has 0 radical (unpaired) electrons. The molecule has 0 unspecified atom stereocenters. The Kier molecular flexibility index (Phi) is 6.34. The highest BCUT2D eigenvalue weighted by Gasteiger charge is 2.20. The maximum absolute atomic E-state index is 13.0. The van der Waals surface area contributed by atoms with E-state index in [1.165, 1.54) is 6.42 Å². The summed E-state index contributed by atoms with van der Waals surface area (Å²) in [4.78, 5) is 24.4. The summed E-state index contributed by atoms with van der Waals surface area (Å²) in [6.07, 6.45) is 3.47. The third-order valence-corrected chi connectivity index (χ3v) is 4.85. The van der Waals surface area contributed by atoms with E-state index in [0.29, 0.717) is 28.8 Å². The number of methoxy groups -OCH3 is 2. The van der Waals surface area contributed by atoms with Gasteiger partial charge in [0.25, 0.3) is 5.91 Å². The summed E-state index contributed by atoms with van der Waals surface area (Å²) in [5, 5.41) is 2.90. The zero-order valence-corrected chi connectivity index (χ0v) is 17.0. The summed E-state index contributed by atoms with van der Waals surface area (Å²) in [5.41, 5.74) is 1.75. The molecular formula is C21H28N4O3. The van der Waals surface area contributed by atoms with Gasteiger partial charge in [-0.3, -0.25) is 4.79 Å². The van der Waals surface area contributed by atoms with Crippen molar-refractivity contribution >= 4 is 17.5 Å². The van der Waals surface area contributed by atoms with Crippen LogP contribution in [0, 0.1) is 0 Å². The van der Waals surface area contributed by atoms with E-state index >= 15 is 0 Å². The lowest BCUT2D eigenvalue weighted by Crippen LogP contribution is -2.32. The van der Waals surface area contributed by atoms with E-state index < -0.39 is 0 Å². The third kappa shape index (κ3) is 4.52. The number of benzene rings is 1. The number of ether oxygens (including phenoxy) is 2. The van der Waals surface area contributed by atoms with Crippen LogP contribution in [0.5, 0.6) is 11.5 Å². The molecule has 1 N–H and O–H groups in total. The van der Waals surface area contributed by atoms with E-state index in [-0.39, 0.29) is 11.8 Å². The highest BCUT2D eigenvalue weighted by Crippen LogP contribution is 2.29. The Morgan fingerprint density at radius 3 is 2.46 bits per heavy atom. The van der Waals surface area contributed by atoms with Gasteiger partial charge in [0.2, 0.25) is 5.95 Å². The Morgan fingerprint density at radius 2 is 1.82 bits per heavy atom. The number of hydrogen-bond acceptors (Lipinski definition) is 6. The average Bonchev–Trinajstić information content (AvgIpc) is 2.73. The molecule has 150 valence electrons. The molecule has 28 heavy (non-hydrogen) atoms. The van der Waals surface area contributed by atoms with Gasteiger partial charge in [-0.2, -0.15) is 0 Å². The third-order valence-electron chi connectivity index (χ3n) is 4.85. The first kappa shape index (κ1) is 19.9. The maximum Gasteiger partial charge on any atom is 0.274 e. The van der Waals surface area contributed by atoms with E-state index in [4.69, 9.17) is 14.5 Å². The first-order chi connectivity index (χ1) is 13.5. The smallest absolute Gasteiger partial charge is 0.274 e. The number of nitrogens with one attached hydrogen (secondary N) is 1. The molecule has 3 rings (SSSR count). The summed E-state index contributed by atoms with van der Waals surface area (Å²) in [6, 6.07) is 7.03. The van der Waals surface area contributed by atoms with Crippen LogP contribution in [0.1, 0.15) is 55.2 Å². The minimum atomic E-state index is -0.297. The van der Waals surface area contributed by atoms with E-state index in [9.17, 15) is 4.79 Å². The van der Waals surface area contributed by atoms with E-state index in [2.05, 4.69) is 29.0 Å². The average molecular weight is 384 g/mol. The molecule has 1 aromatic carbocycles. The molecule has 1 aromatic heterocycles. The molecule has 1 aliphatic heterocycles. The number of amides is 1. The van der Waals surface area contributed by atoms with Gasteiger partial charge in [-0.1, -0.05) is 13.8 Å². The quantitative estimate of drug-likeness (QED) is 0.815. The summed E-state index contributed by atoms with van der Waals surface area (Å²) in [6.45, 7) is 5.98. The van der Waals surface area contributed by atoms with E-state index in [1.807, 2.05) is 0 Å². The molecule has 0 spiro atoms. The van der Waals surface area contributed by atoms with Crippen molar-refractivity contribution in [3.8, 4) is 11.5 Å². The van der Waals surface area contributed by atoms with Crippen LogP contribution in [0.15, 0.2) is 24.3 Å². The van der Waals surface area contributed by atoms with Crippen LogP contribution in [-0.4, -0.2) is 43.2 Å². The fourth-order valence-electron chi connectivity index (χ4n) is 3.20. The molecule has 2 heterocycles. The SMILES string of the molecule is COc1ccc(OC)c(NC(=O)c2cc(C(C)C)nc(N3CCCCC3)n2)c1. The van der Waals surface area contributed by atoms with E-state index in [0.717, 1.165) is 31.6 Å². The Morgan fingerprint density at radius 1 is 1.07 bits per heavy atom. The van der Waals surface area contributed by atoms with Gasteiger partial charge in [-0.15, -0.1) is 0 Å². The molecule has 0 aliphatic carbocycles. The van der Waals surface area contributed by atoms with Crippen LogP contribution in [0.3, 0.4) is 0 Å². The molecule has 1 aliphatic rings. The topological polar surface area (TPSA) is 76.6 Å². The zero-order valence-electron chi connectivity index (χ0n) is 17.0. The van der Waals surface area contributed by atoms with Crippen molar-refractivity contribution in [2.45, 2.75) is 39.0 Å². The second-order valence-electron chi connectivity index (χ2n) is 7.20. The van der Waals surface area contributed by atoms with Crippen molar-refractivity contribution in [1.29, 1.82) is 0 Å². The highest BCUT2D eigenvalue weighted by molar-refractivity contribution is 6.04. The summed E-state index contributed by atoms with van der Waals surface area (Å²) in [7, 11) is 3.14. The summed E-state index contributed by atoms with van der Waals surface area (Å²) < 4.78 is 10.6. The fraction of sp³-hybridized carbons (Fsp3) is 0.476. The second-order valence-corrected chi connectivity index (χ2v) is 7.20. The maximum atomic E-state index is 13.0. The van der Waals surface area contributed by atoms with Crippen LogP contribution in [-0.2, 0) is 0 Å². The Hall–Kier alpha value is -2.83. The van der Waals surface area contributed by atoms with Gasteiger partial charge < -0.3 is 19.7 Å². The number of carbonyl (C=O) groups is 1. The van der Waals surface area contributed by atoms with Gasteiger partial charge in [-0.25, -0.2) is 9.97 Å². The van der Waals surface area contributed by atoms with Crippen molar-refractivity contribution in [3.63, 3.8) is 0 Å². The first-order valence-electron chi connectivity index (χ1n) is 9.69. The van der Waals surface area contributed by atoms with Gasteiger partial charge >= 0.3 is 0 Å². The molecule has 0 saturated carbocycles. The van der Waals surface area contributed by atoms with Gasteiger partial charge in [0.1, 0.15) is 17.2 Å². The van der Waals surface area contributed by atoms with Crippen molar-refractivity contribution in [1.82, 2.24) is 9.97 Å². The molecule has 0 bridgehead atoms. The standard InChI is InChI=1S/C21H28N4O3/c1-14(2)16-13-18(24-21(23-16)25-10-6-5-7-11-25)20(26)22-17-12-15(27-3)8-9-19(17)28-4/h8-9,12-14H,5-7,10-11H2,1-4H3,(H,22,26). The Labute approximate surface area is 166 Å². The predicted molar refractivity (Wildman–Crippen MR) is 110 cm³/mol. The summed E-state index contributed by atoms with van der Waals surface area (Å²) >= 11 is 0. The van der Waals surface area contributed by atoms with Crippen molar-refractivity contribution in [2.75, 3.05) is 37.5 Å². The van der Waals surface area contributed by atoms with Crippen LogP contribution >= 0.6 is 0 Å². The van der Waals surface area contributed by atoms with Crippen molar-refractivity contribution in [3.05, 3.63) is 35.7 Å². The molecule has 1 fully saturated rings. The second kappa shape index (κ2) is 8.91. The minimum Gasteiger partial charge on any atom is -0.497 e. The largest absolute Gasteiger partial charge is 0.497 e. The van der Waals surface area contributed by atoms with Crippen molar-refractivity contribution in [2.24, 2.45) is 0 Å². The van der Waals surface area contributed by atoms with Crippen molar-refractivity contribution < 1.29 is 14.3 Å². The molecule has 1 saturated heterocycles. The lowest BCUT2D eigenvalue weighted by Gasteiger charge is -2.27. The molecule has 0 atom stereocenters. The Bertz CT molecular complexity index is 832. The number of rotatable bonds is 6. The van der Waals surface area contributed by atoms with Gasteiger partial charge in [-0.05, 0) is 43.4 Å². The van der Waals surface area contributed by atoms with Crippen LogP contribution in [0.4, 0.5) is 11.6 Å². The van der Waals surface area contributed by atoms with Crippen LogP contribution in [0.2, 0.25) is 0 Å². The molecule has 7 nitrogen and oxygen atoms in total. The molecule has 2 aromatic rings. The zero-order chi connectivity index (χ0) is 20.1. The lowest BCUT2D eigenvalue weighted by atomic mass is 10.1. The van der Waals surface area contributed by atoms with E-state index in [1.54, 1.807) is 38.5 Å². The number of piperidine rings is 1. The minimum absolute atomic E-state index is 0.199. The molecule has 7 heteroatoms. The fourth-order valence-corrected chi connectivity index (χ4v) is 3.20. The number of hydrogen-bond donors (Lipinski definition) is 1. The number of aromatic nitrogens is 2. The molecule has 1 amide bonds. The normalized spacial score (nSPS) is 14.1. The van der Waals surface area contributed by atoms with Gasteiger partial charge in [0, 0.05) is 24.8 Å². The summed E-state index contributed by atoms with van der Waals surface area (Å²) in [5.74, 6) is 1.73. The number of anilines is 2. The number of carbonyl (C=O) groups excluding carboxylic acids is 1. The predicted octanol–water partition coefficient (Wildman–Crippen LogP) is 3.86. The van der Waals surface area contributed by atoms with Gasteiger partial charge in [0.15, 0.2) is 0 Å². The van der Waals surface area contributed by atoms with Gasteiger partial charge in [0.05, 0.1) is 19.9 Å². The monoisotopic (exact) mass is 384 g/mol.